The van der Waals surface area contributed by atoms with E-state index in [0.717, 1.165) is 30.5 Å². The lowest BCUT2D eigenvalue weighted by molar-refractivity contribution is 0.0946. The third-order valence-corrected chi connectivity index (χ3v) is 6.11. The Bertz CT molecular complexity index is 973. The van der Waals surface area contributed by atoms with E-state index in [1.54, 1.807) is 11.3 Å². The number of amides is 1. The summed E-state index contributed by atoms with van der Waals surface area (Å²) in [5.41, 5.74) is 5.18. The van der Waals surface area contributed by atoms with Crippen molar-refractivity contribution in [2.24, 2.45) is 0 Å². The van der Waals surface area contributed by atoms with Crippen LogP contribution in [-0.2, 0) is 11.8 Å². The minimum Gasteiger partial charge on any atom is -0.348 e. The van der Waals surface area contributed by atoms with Crippen LogP contribution in [-0.4, -0.2) is 27.1 Å². The molecule has 2 heterocycles. The first-order valence-electron chi connectivity index (χ1n) is 8.78. The first-order chi connectivity index (χ1) is 12.8. The number of carbonyl (C=O) groups excluding carboxylic acids is 1. The van der Waals surface area contributed by atoms with Gasteiger partial charge in [-0.25, -0.2) is 0 Å². The van der Waals surface area contributed by atoms with Gasteiger partial charge in [-0.3, -0.25) is 14.9 Å². The van der Waals surface area contributed by atoms with E-state index >= 15 is 0 Å². The van der Waals surface area contributed by atoms with E-state index in [1.807, 2.05) is 23.8 Å². The Kier molecular flexibility index (Phi) is 3.53. The van der Waals surface area contributed by atoms with Gasteiger partial charge in [0.25, 0.3) is 5.91 Å². The van der Waals surface area contributed by atoms with Gasteiger partial charge in [0.05, 0.1) is 10.9 Å². The van der Waals surface area contributed by atoms with Crippen LogP contribution < -0.4 is 5.32 Å². The second-order valence-corrected chi connectivity index (χ2v) is 7.81. The molecular formula is C20H18N4OS. The molecule has 0 saturated heterocycles. The van der Waals surface area contributed by atoms with Crippen molar-refractivity contribution in [2.75, 3.05) is 0 Å². The van der Waals surface area contributed by atoms with Gasteiger partial charge in [-0.2, -0.15) is 5.10 Å². The topological polar surface area (TPSA) is 70.7 Å². The summed E-state index contributed by atoms with van der Waals surface area (Å²) in [6.07, 6.45) is 9.03. The molecule has 2 aromatic heterocycles. The van der Waals surface area contributed by atoms with Gasteiger partial charge in [-0.15, -0.1) is 11.3 Å². The number of nitrogens with one attached hydrogen (secondary N) is 2. The maximum atomic E-state index is 12.5. The zero-order chi connectivity index (χ0) is 17.6. The van der Waals surface area contributed by atoms with E-state index in [4.69, 9.17) is 0 Å². The van der Waals surface area contributed by atoms with Crippen LogP contribution in [0, 0.1) is 0 Å². The highest BCUT2D eigenvalue weighted by molar-refractivity contribution is 7.09. The number of fused-ring (bicyclic) bond motifs is 1. The fraction of sp³-hybridized carbons (Fsp3) is 0.250. The van der Waals surface area contributed by atoms with Crippen LogP contribution in [0.15, 0.2) is 48.1 Å². The highest BCUT2D eigenvalue weighted by Gasteiger charge is 2.38. The van der Waals surface area contributed by atoms with Crippen molar-refractivity contribution in [3.05, 3.63) is 75.5 Å². The molecule has 26 heavy (non-hydrogen) atoms. The molecule has 0 spiro atoms. The number of benzene rings is 1. The van der Waals surface area contributed by atoms with Gasteiger partial charge in [0.15, 0.2) is 5.69 Å². The molecule has 2 aliphatic rings. The number of hydrogen-bond acceptors (Lipinski definition) is 4. The maximum absolute atomic E-state index is 12.5. The number of hydrogen-bond donors (Lipinski definition) is 2. The third-order valence-electron chi connectivity index (χ3n) is 5.16. The molecule has 1 atom stereocenters. The standard InChI is InChI=1S/C20H18N4OS/c25-19(22-14-6-7-14)18-15-8-9-20(10-16(15)23-24-18,17-11-21-12-26-17)13-4-2-1-3-5-13/h1-5,8-9,11-12,14H,6-7,10H2,(H,22,25)(H,23,24). The summed E-state index contributed by atoms with van der Waals surface area (Å²) in [6.45, 7) is 0. The molecule has 2 N–H and O–H groups in total. The SMILES string of the molecule is O=C(NC1CC1)c1n[nH]c2c1C=CC(c1ccccc1)(c1cncs1)C2. The van der Waals surface area contributed by atoms with Gasteiger partial charge in [0, 0.05) is 34.8 Å². The van der Waals surface area contributed by atoms with Crippen molar-refractivity contribution >= 4 is 23.3 Å². The van der Waals surface area contributed by atoms with Crippen molar-refractivity contribution in [3.8, 4) is 0 Å². The molecule has 1 fully saturated rings. The summed E-state index contributed by atoms with van der Waals surface area (Å²) in [5, 5.41) is 10.5. The lowest BCUT2D eigenvalue weighted by Gasteiger charge is -2.32. The van der Waals surface area contributed by atoms with Gasteiger partial charge < -0.3 is 5.32 Å². The van der Waals surface area contributed by atoms with E-state index in [2.05, 4.69) is 50.8 Å². The van der Waals surface area contributed by atoms with Crippen LogP contribution >= 0.6 is 11.3 Å². The van der Waals surface area contributed by atoms with E-state index in [0.29, 0.717) is 11.7 Å². The van der Waals surface area contributed by atoms with Gasteiger partial charge in [-0.05, 0) is 18.4 Å². The van der Waals surface area contributed by atoms with Crippen LogP contribution in [0.1, 0.15) is 45.0 Å². The molecule has 0 bridgehead atoms. The summed E-state index contributed by atoms with van der Waals surface area (Å²) in [5.74, 6) is -0.0837. The maximum Gasteiger partial charge on any atom is 0.272 e. The molecule has 5 nitrogen and oxygen atoms in total. The summed E-state index contributed by atoms with van der Waals surface area (Å²) < 4.78 is 0. The van der Waals surface area contributed by atoms with Crippen LogP contribution in [0.3, 0.4) is 0 Å². The average Bonchev–Trinajstić information content (AvgIpc) is 3.16. The lowest BCUT2D eigenvalue weighted by atomic mass is 9.72. The Morgan fingerprint density at radius 1 is 1.27 bits per heavy atom. The van der Waals surface area contributed by atoms with Crippen molar-refractivity contribution in [1.82, 2.24) is 20.5 Å². The Hall–Kier alpha value is -2.73. The molecular weight excluding hydrogens is 344 g/mol. The van der Waals surface area contributed by atoms with E-state index in [9.17, 15) is 4.79 Å². The molecule has 1 unspecified atom stereocenters. The molecule has 1 saturated carbocycles. The average molecular weight is 362 g/mol. The van der Waals surface area contributed by atoms with Crippen LogP contribution in [0.2, 0.25) is 0 Å². The molecule has 0 aliphatic heterocycles. The molecule has 0 radical (unpaired) electrons. The first-order valence-corrected chi connectivity index (χ1v) is 9.66. The summed E-state index contributed by atoms with van der Waals surface area (Å²) >= 11 is 1.65. The normalized spacial score (nSPS) is 21.4. The Labute approximate surface area is 155 Å². The molecule has 6 heteroatoms. The first kappa shape index (κ1) is 15.5. The van der Waals surface area contributed by atoms with E-state index < -0.39 is 0 Å². The number of aromatic nitrogens is 3. The van der Waals surface area contributed by atoms with Gasteiger partial charge in [0.1, 0.15) is 0 Å². The second kappa shape index (κ2) is 5.92. The fourth-order valence-electron chi connectivity index (χ4n) is 3.60. The van der Waals surface area contributed by atoms with E-state index in [-0.39, 0.29) is 11.3 Å². The van der Waals surface area contributed by atoms with Crippen molar-refractivity contribution in [3.63, 3.8) is 0 Å². The highest BCUT2D eigenvalue weighted by Crippen LogP contribution is 2.43. The van der Waals surface area contributed by atoms with Crippen molar-refractivity contribution in [1.29, 1.82) is 0 Å². The summed E-state index contributed by atoms with van der Waals surface area (Å²) in [6, 6.07) is 10.8. The number of rotatable bonds is 4. The molecule has 1 amide bonds. The highest BCUT2D eigenvalue weighted by atomic mass is 32.1. The lowest BCUT2D eigenvalue weighted by Crippen LogP contribution is -2.30. The predicted molar refractivity (Wildman–Crippen MR) is 101 cm³/mol. The number of carbonyl (C=O) groups is 1. The predicted octanol–water partition coefficient (Wildman–Crippen LogP) is 3.31. The Morgan fingerprint density at radius 2 is 2.12 bits per heavy atom. The minimum absolute atomic E-state index is 0.0837. The molecule has 1 aromatic carbocycles. The number of H-pyrrole nitrogens is 1. The van der Waals surface area contributed by atoms with Crippen LogP contribution in [0.4, 0.5) is 0 Å². The number of aromatic amines is 1. The molecule has 2 aliphatic carbocycles. The summed E-state index contributed by atoms with van der Waals surface area (Å²) in [7, 11) is 0. The van der Waals surface area contributed by atoms with Crippen LogP contribution in [0.5, 0.6) is 0 Å². The minimum atomic E-state index is -0.286. The zero-order valence-corrected chi connectivity index (χ0v) is 14.9. The van der Waals surface area contributed by atoms with Gasteiger partial charge in [0.2, 0.25) is 0 Å². The van der Waals surface area contributed by atoms with Gasteiger partial charge >= 0.3 is 0 Å². The van der Waals surface area contributed by atoms with E-state index in [1.165, 1.54) is 10.4 Å². The second-order valence-electron chi connectivity index (χ2n) is 6.93. The third kappa shape index (κ3) is 2.49. The largest absolute Gasteiger partial charge is 0.348 e. The Balaban J connectivity index is 1.57. The number of allylic oxidation sites excluding steroid dienone is 1. The quantitative estimate of drug-likeness (QED) is 0.748. The fourth-order valence-corrected chi connectivity index (χ4v) is 4.43. The monoisotopic (exact) mass is 362 g/mol. The van der Waals surface area contributed by atoms with Gasteiger partial charge in [-0.1, -0.05) is 42.5 Å². The van der Waals surface area contributed by atoms with Crippen molar-refractivity contribution < 1.29 is 4.79 Å². The molecule has 3 aromatic rings. The Morgan fingerprint density at radius 3 is 2.85 bits per heavy atom. The smallest absolute Gasteiger partial charge is 0.272 e. The summed E-state index contributed by atoms with van der Waals surface area (Å²) in [4.78, 5) is 17.9. The number of nitrogens with zero attached hydrogens (tertiary/aromatic N) is 2. The van der Waals surface area contributed by atoms with Crippen LogP contribution in [0.25, 0.3) is 6.08 Å². The number of thiazole rings is 1. The van der Waals surface area contributed by atoms with Crippen molar-refractivity contribution in [2.45, 2.75) is 30.7 Å². The zero-order valence-electron chi connectivity index (χ0n) is 14.1. The molecule has 5 rings (SSSR count). The molecule has 130 valence electrons.